The number of anilines is 1. The summed E-state index contributed by atoms with van der Waals surface area (Å²) in [6.45, 7) is 8.40. The molecule has 0 spiro atoms. The van der Waals surface area contributed by atoms with Gasteiger partial charge in [-0.3, -0.25) is 9.59 Å². The molecule has 0 N–H and O–H groups in total. The van der Waals surface area contributed by atoms with Crippen molar-refractivity contribution in [2.75, 3.05) is 44.7 Å². The fraction of sp³-hybridized carbons (Fsp3) is 0.357. The van der Waals surface area contributed by atoms with Crippen molar-refractivity contribution in [3.05, 3.63) is 71.8 Å². The number of nitrogens with zero attached hydrogens (tertiary/aromatic N) is 5. The van der Waals surface area contributed by atoms with Gasteiger partial charge in [-0.05, 0) is 51.1 Å². The number of benzene rings is 2. The molecule has 3 aromatic rings. The maximum absolute atomic E-state index is 13.1. The van der Waals surface area contributed by atoms with Gasteiger partial charge >= 0.3 is 0 Å². The molecule has 0 atom stereocenters. The van der Waals surface area contributed by atoms with Crippen molar-refractivity contribution >= 4 is 17.6 Å². The van der Waals surface area contributed by atoms with E-state index in [2.05, 4.69) is 34.2 Å². The fourth-order valence-electron chi connectivity index (χ4n) is 4.21. The van der Waals surface area contributed by atoms with Crippen molar-refractivity contribution in [2.45, 2.75) is 26.8 Å². The van der Waals surface area contributed by atoms with E-state index in [-0.39, 0.29) is 24.4 Å². The third kappa shape index (κ3) is 5.82. The van der Waals surface area contributed by atoms with Gasteiger partial charge in [0.15, 0.2) is 5.82 Å². The maximum Gasteiger partial charge on any atom is 0.254 e. The summed E-state index contributed by atoms with van der Waals surface area (Å²) in [6.07, 6.45) is 0. The smallest absolute Gasteiger partial charge is 0.254 e. The molecule has 8 nitrogen and oxygen atoms in total. The molecule has 2 aromatic carbocycles. The van der Waals surface area contributed by atoms with Crippen LogP contribution in [0.3, 0.4) is 0 Å². The van der Waals surface area contributed by atoms with Crippen LogP contribution in [0, 0.1) is 6.92 Å². The van der Waals surface area contributed by atoms with E-state index in [1.54, 1.807) is 36.3 Å². The molecule has 1 aliphatic rings. The van der Waals surface area contributed by atoms with Gasteiger partial charge in [0.05, 0.1) is 12.8 Å². The van der Waals surface area contributed by atoms with Crippen molar-refractivity contribution in [3.63, 3.8) is 0 Å². The minimum absolute atomic E-state index is 0.0404. The maximum atomic E-state index is 13.1. The molecule has 8 heteroatoms. The second-order valence-corrected chi connectivity index (χ2v) is 9.27. The molecule has 0 unspecified atom stereocenters. The van der Waals surface area contributed by atoms with Crippen molar-refractivity contribution in [2.24, 2.45) is 0 Å². The van der Waals surface area contributed by atoms with Crippen molar-refractivity contribution in [3.8, 4) is 17.0 Å². The van der Waals surface area contributed by atoms with Gasteiger partial charge in [-0.15, -0.1) is 10.2 Å². The summed E-state index contributed by atoms with van der Waals surface area (Å²) in [5, 5.41) is 8.82. The number of ether oxygens (including phenoxy) is 1. The molecule has 0 bridgehead atoms. The van der Waals surface area contributed by atoms with Crippen LogP contribution in [-0.2, 0) is 4.79 Å². The van der Waals surface area contributed by atoms with E-state index in [0.29, 0.717) is 37.5 Å². The third-order valence-corrected chi connectivity index (χ3v) is 6.46. The molecule has 2 heterocycles. The summed E-state index contributed by atoms with van der Waals surface area (Å²) < 4.78 is 5.24. The normalized spacial score (nSPS) is 13.6. The number of piperazine rings is 1. The average molecular weight is 488 g/mol. The van der Waals surface area contributed by atoms with E-state index < -0.39 is 0 Å². The summed E-state index contributed by atoms with van der Waals surface area (Å²) in [5.41, 5.74) is 3.58. The number of carbonyl (C=O) groups is 2. The zero-order chi connectivity index (χ0) is 25.7. The van der Waals surface area contributed by atoms with Crippen LogP contribution >= 0.6 is 0 Å². The molecule has 1 aromatic heterocycles. The first kappa shape index (κ1) is 25.2. The Morgan fingerprint density at radius 1 is 0.972 bits per heavy atom. The van der Waals surface area contributed by atoms with Crippen LogP contribution in [0.2, 0.25) is 0 Å². The van der Waals surface area contributed by atoms with Gasteiger partial charge < -0.3 is 19.4 Å². The zero-order valence-corrected chi connectivity index (χ0v) is 21.3. The van der Waals surface area contributed by atoms with E-state index in [4.69, 9.17) is 4.74 Å². The van der Waals surface area contributed by atoms with E-state index in [0.717, 1.165) is 17.1 Å². The standard InChI is InChI=1S/C28H33N5O3/c1-20(2)33(28(35)23-6-5-7-24(18-23)36-4)19-27(34)32-16-14-31(15-17-32)26-13-12-25(29-30-26)22-10-8-21(3)9-11-22/h5-13,18,20H,14-17,19H2,1-4H3. The van der Waals surface area contributed by atoms with Crippen molar-refractivity contribution < 1.29 is 14.3 Å². The summed E-state index contributed by atoms with van der Waals surface area (Å²) in [5.74, 6) is 1.18. The highest BCUT2D eigenvalue weighted by atomic mass is 16.5. The van der Waals surface area contributed by atoms with Crippen LogP contribution in [0.25, 0.3) is 11.3 Å². The first-order valence-corrected chi connectivity index (χ1v) is 12.2. The predicted molar refractivity (Wildman–Crippen MR) is 140 cm³/mol. The van der Waals surface area contributed by atoms with Gasteiger partial charge in [-0.1, -0.05) is 35.9 Å². The number of amides is 2. The number of hydrogen-bond donors (Lipinski definition) is 0. The molecule has 1 fully saturated rings. The van der Waals surface area contributed by atoms with E-state index in [1.807, 2.05) is 43.0 Å². The van der Waals surface area contributed by atoms with Crippen LogP contribution in [0.15, 0.2) is 60.7 Å². The van der Waals surface area contributed by atoms with Crippen molar-refractivity contribution in [1.29, 1.82) is 0 Å². The van der Waals surface area contributed by atoms with Crippen LogP contribution in [0.5, 0.6) is 5.75 Å². The lowest BCUT2D eigenvalue weighted by atomic mass is 10.1. The molecule has 4 rings (SSSR count). The third-order valence-electron chi connectivity index (χ3n) is 6.46. The van der Waals surface area contributed by atoms with Gasteiger partial charge in [0.25, 0.3) is 5.91 Å². The van der Waals surface area contributed by atoms with Crippen LogP contribution < -0.4 is 9.64 Å². The lowest BCUT2D eigenvalue weighted by molar-refractivity contribution is -0.132. The Bertz CT molecular complexity index is 1190. The van der Waals surface area contributed by atoms with Crippen molar-refractivity contribution in [1.82, 2.24) is 20.0 Å². The first-order valence-electron chi connectivity index (χ1n) is 12.2. The Balaban J connectivity index is 1.35. The number of hydrogen-bond acceptors (Lipinski definition) is 6. The van der Waals surface area contributed by atoms with Crippen LogP contribution in [0.1, 0.15) is 29.8 Å². The zero-order valence-electron chi connectivity index (χ0n) is 21.3. The summed E-state index contributed by atoms with van der Waals surface area (Å²) in [6, 6.07) is 19.1. The molecular formula is C28H33N5O3. The highest BCUT2D eigenvalue weighted by Crippen LogP contribution is 2.20. The van der Waals surface area contributed by atoms with Gasteiger partial charge in [0.1, 0.15) is 12.3 Å². The number of carbonyl (C=O) groups excluding carboxylic acids is 2. The molecule has 0 radical (unpaired) electrons. The number of aromatic nitrogens is 2. The average Bonchev–Trinajstić information content (AvgIpc) is 2.91. The summed E-state index contributed by atoms with van der Waals surface area (Å²) in [4.78, 5) is 31.8. The highest BCUT2D eigenvalue weighted by Gasteiger charge is 2.27. The van der Waals surface area contributed by atoms with Gasteiger partial charge in [-0.2, -0.15) is 0 Å². The highest BCUT2D eigenvalue weighted by molar-refractivity contribution is 5.97. The SMILES string of the molecule is COc1cccc(C(=O)N(CC(=O)N2CCN(c3ccc(-c4ccc(C)cc4)nn3)CC2)C(C)C)c1. The molecule has 1 saturated heterocycles. The topological polar surface area (TPSA) is 78.9 Å². The number of rotatable bonds is 7. The Kier molecular flexibility index (Phi) is 7.83. The quantitative estimate of drug-likeness (QED) is 0.506. The van der Waals surface area contributed by atoms with E-state index >= 15 is 0 Å². The molecular weight excluding hydrogens is 454 g/mol. The Hall–Kier alpha value is -3.94. The molecule has 36 heavy (non-hydrogen) atoms. The lowest BCUT2D eigenvalue weighted by Crippen LogP contribution is -2.53. The molecule has 1 aliphatic heterocycles. The van der Waals surface area contributed by atoms with E-state index in [1.165, 1.54) is 5.56 Å². The Morgan fingerprint density at radius 3 is 2.31 bits per heavy atom. The summed E-state index contributed by atoms with van der Waals surface area (Å²) >= 11 is 0. The Morgan fingerprint density at radius 2 is 1.69 bits per heavy atom. The van der Waals surface area contributed by atoms with Gasteiger partial charge in [0, 0.05) is 43.3 Å². The minimum Gasteiger partial charge on any atom is -0.497 e. The molecule has 0 saturated carbocycles. The lowest BCUT2D eigenvalue weighted by Gasteiger charge is -2.36. The van der Waals surface area contributed by atoms with Crippen LogP contribution in [0.4, 0.5) is 5.82 Å². The molecule has 188 valence electrons. The van der Waals surface area contributed by atoms with E-state index in [9.17, 15) is 9.59 Å². The monoisotopic (exact) mass is 487 g/mol. The second kappa shape index (κ2) is 11.2. The Labute approximate surface area is 212 Å². The van der Waals surface area contributed by atoms with Gasteiger partial charge in [0.2, 0.25) is 5.91 Å². The van der Waals surface area contributed by atoms with Gasteiger partial charge in [-0.25, -0.2) is 0 Å². The summed E-state index contributed by atoms with van der Waals surface area (Å²) in [7, 11) is 1.57. The second-order valence-electron chi connectivity index (χ2n) is 9.27. The first-order chi connectivity index (χ1) is 17.4. The fourth-order valence-corrected chi connectivity index (χ4v) is 4.21. The number of aryl methyl sites for hydroxylation is 1. The molecule has 0 aliphatic carbocycles. The predicted octanol–water partition coefficient (Wildman–Crippen LogP) is 3.66. The molecule has 2 amide bonds. The minimum atomic E-state index is -0.181. The van der Waals surface area contributed by atoms with Crippen LogP contribution in [-0.4, -0.2) is 77.7 Å². The number of methoxy groups -OCH3 is 1. The largest absolute Gasteiger partial charge is 0.497 e.